The Balaban J connectivity index is 1.62. The molecule has 2 aromatic carbocycles. The lowest BCUT2D eigenvalue weighted by Gasteiger charge is -2.17. The lowest BCUT2D eigenvalue weighted by molar-refractivity contribution is -0.149. The lowest BCUT2D eigenvalue weighted by Crippen LogP contribution is -2.26. The highest BCUT2D eigenvalue weighted by atomic mass is 35.5. The molecule has 27 heavy (non-hydrogen) atoms. The van der Waals surface area contributed by atoms with Gasteiger partial charge in [0.1, 0.15) is 6.61 Å². The van der Waals surface area contributed by atoms with E-state index in [1.165, 1.54) is 12.0 Å². The van der Waals surface area contributed by atoms with Crippen molar-refractivity contribution in [3.63, 3.8) is 0 Å². The van der Waals surface area contributed by atoms with Gasteiger partial charge >= 0.3 is 11.9 Å². The number of rotatable bonds is 5. The van der Waals surface area contributed by atoms with Gasteiger partial charge in [0.05, 0.1) is 18.6 Å². The molecule has 1 heterocycles. The number of anilines is 1. The van der Waals surface area contributed by atoms with Crippen LogP contribution in [0.15, 0.2) is 48.5 Å². The molecular weight excluding hydrogens is 370 g/mol. The molecule has 1 unspecified atom stereocenters. The normalized spacial score (nSPS) is 16.3. The van der Waals surface area contributed by atoms with E-state index in [4.69, 9.17) is 16.3 Å². The van der Waals surface area contributed by atoms with E-state index in [2.05, 4.69) is 4.74 Å². The van der Waals surface area contributed by atoms with Crippen LogP contribution in [0.3, 0.4) is 0 Å². The Labute approximate surface area is 161 Å². The number of benzene rings is 2. The molecule has 3 rings (SSSR count). The van der Waals surface area contributed by atoms with Gasteiger partial charge in [0.25, 0.3) is 0 Å². The van der Waals surface area contributed by atoms with Crippen LogP contribution in [-0.2, 0) is 25.7 Å². The Morgan fingerprint density at radius 1 is 1.15 bits per heavy atom. The second kappa shape index (κ2) is 8.22. The van der Waals surface area contributed by atoms with E-state index in [1.807, 2.05) is 6.07 Å². The van der Waals surface area contributed by atoms with Crippen molar-refractivity contribution in [3.8, 4) is 0 Å². The zero-order valence-electron chi connectivity index (χ0n) is 14.7. The first-order valence-corrected chi connectivity index (χ1v) is 8.76. The van der Waals surface area contributed by atoms with Crippen molar-refractivity contribution in [1.29, 1.82) is 0 Å². The minimum atomic E-state index is -0.541. The van der Waals surface area contributed by atoms with Crippen LogP contribution in [0, 0.1) is 5.92 Å². The Morgan fingerprint density at radius 2 is 1.85 bits per heavy atom. The van der Waals surface area contributed by atoms with E-state index in [-0.39, 0.29) is 25.5 Å². The predicted octanol–water partition coefficient (Wildman–Crippen LogP) is 3.22. The quantitative estimate of drug-likeness (QED) is 0.736. The maximum atomic E-state index is 12.3. The van der Waals surface area contributed by atoms with E-state index >= 15 is 0 Å². The van der Waals surface area contributed by atoms with Crippen molar-refractivity contribution < 1.29 is 23.9 Å². The van der Waals surface area contributed by atoms with Crippen LogP contribution in [0.25, 0.3) is 0 Å². The molecular formula is C20H18ClNO5. The number of ether oxygens (including phenoxy) is 2. The van der Waals surface area contributed by atoms with Crippen LogP contribution in [0.5, 0.6) is 0 Å². The van der Waals surface area contributed by atoms with Gasteiger partial charge in [-0.25, -0.2) is 4.79 Å². The zero-order valence-corrected chi connectivity index (χ0v) is 15.4. The Kier molecular flexibility index (Phi) is 5.76. The summed E-state index contributed by atoms with van der Waals surface area (Å²) in [6, 6.07) is 13.6. The number of carbonyl (C=O) groups is 3. The first kappa shape index (κ1) is 18.9. The number of carbonyl (C=O) groups excluding carboxylic acids is 3. The highest BCUT2D eigenvalue weighted by Gasteiger charge is 2.36. The summed E-state index contributed by atoms with van der Waals surface area (Å²) in [5.74, 6) is -1.59. The molecule has 140 valence electrons. The van der Waals surface area contributed by atoms with E-state index < -0.39 is 17.9 Å². The van der Waals surface area contributed by atoms with E-state index in [0.29, 0.717) is 21.8 Å². The van der Waals surface area contributed by atoms with E-state index in [0.717, 1.165) is 0 Å². The molecule has 1 saturated heterocycles. The van der Waals surface area contributed by atoms with Crippen molar-refractivity contribution >= 4 is 35.1 Å². The fourth-order valence-electron chi connectivity index (χ4n) is 2.89. The summed E-state index contributed by atoms with van der Waals surface area (Å²) >= 11 is 6.05. The fourth-order valence-corrected chi connectivity index (χ4v) is 3.08. The molecule has 1 atom stereocenters. The van der Waals surface area contributed by atoms with Gasteiger partial charge in [-0.1, -0.05) is 29.8 Å². The van der Waals surface area contributed by atoms with Crippen molar-refractivity contribution in [2.45, 2.75) is 13.0 Å². The maximum Gasteiger partial charge on any atom is 0.337 e. The second-order valence-electron chi connectivity index (χ2n) is 6.14. The Morgan fingerprint density at radius 3 is 2.52 bits per heavy atom. The molecule has 2 aromatic rings. The van der Waals surface area contributed by atoms with Gasteiger partial charge in [0.15, 0.2) is 0 Å². The minimum Gasteiger partial charge on any atom is -0.465 e. The summed E-state index contributed by atoms with van der Waals surface area (Å²) in [7, 11) is 1.30. The third-order valence-electron chi connectivity index (χ3n) is 4.39. The molecule has 6 nitrogen and oxygen atoms in total. The van der Waals surface area contributed by atoms with Crippen LogP contribution in [0.2, 0.25) is 5.02 Å². The Hall–Kier alpha value is -2.86. The smallest absolute Gasteiger partial charge is 0.337 e. The Bertz CT molecular complexity index is 865. The number of hydrogen-bond acceptors (Lipinski definition) is 5. The van der Waals surface area contributed by atoms with E-state index in [1.54, 1.807) is 42.5 Å². The van der Waals surface area contributed by atoms with Crippen LogP contribution in [-0.4, -0.2) is 31.5 Å². The average Bonchev–Trinajstić information content (AvgIpc) is 3.08. The SMILES string of the molecule is COC(=O)c1ccc(N2CC(C(=O)OCc3ccccc3Cl)CC2=O)cc1. The van der Waals surface area contributed by atoms with Gasteiger partial charge < -0.3 is 14.4 Å². The maximum absolute atomic E-state index is 12.3. The highest BCUT2D eigenvalue weighted by molar-refractivity contribution is 6.31. The van der Waals surface area contributed by atoms with Crippen LogP contribution in [0.4, 0.5) is 5.69 Å². The van der Waals surface area contributed by atoms with Crippen LogP contribution < -0.4 is 4.90 Å². The van der Waals surface area contributed by atoms with Gasteiger partial charge in [-0.3, -0.25) is 9.59 Å². The average molecular weight is 388 g/mol. The van der Waals surface area contributed by atoms with Crippen molar-refractivity contribution in [1.82, 2.24) is 0 Å². The summed E-state index contributed by atoms with van der Waals surface area (Å²) in [6.45, 7) is 0.300. The number of nitrogens with zero attached hydrogens (tertiary/aromatic N) is 1. The molecule has 0 spiro atoms. The number of amides is 1. The van der Waals surface area contributed by atoms with Crippen molar-refractivity contribution in [3.05, 3.63) is 64.7 Å². The topological polar surface area (TPSA) is 72.9 Å². The summed E-state index contributed by atoms with van der Waals surface area (Å²) in [4.78, 5) is 37.6. The molecule has 0 radical (unpaired) electrons. The number of methoxy groups -OCH3 is 1. The number of esters is 2. The third kappa shape index (κ3) is 4.28. The van der Waals surface area contributed by atoms with Gasteiger partial charge in [-0.15, -0.1) is 0 Å². The molecule has 0 aliphatic carbocycles. The molecule has 7 heteroatoms. The van der Waals surface area contributed by atoms with E-state index in [9.17, 15) is 14.4 Å². The minimum absolute atomic E-state index is 0.0665. The second-order valence-corrected chi connectivity index (χ2v) is 6.55. The third-order valence-corrected chi connectivity index (χ3v) is 4.75. The molecule has 1 fully saturated rings. The summed E-state index contributed by atoms with van der Waals surface area (Å²) in [5.41, 5.74) is 1.73. The first-order chi connectivity index (χ1) is 13.0. The van der Waals surface area contributed by atoms with Gasteiger partial charge in [-0.05, 0) is 30.3 Å². The summed E-state index contributed by atoms with van der Waals surface area (Å²) in [5, 5.41) is 0.528. The molecule has 0 saturated carbocycles. The molecule has 1 aliphatic rings. The summed E-state index contributed by atoms with van der Waals surface area (Å²) in [6.07, 6.45) is 0.0834. The largest absolute Gasteiger partial charge is 0.465 e. The molecule has 1 aliphatic heterocycles. The van der Waals surface area contributed by atoms with Crippen LogP contribution >= 0.6 is 11.6 Å². The molecule has 0 aromatic heterocycles. The van der Waals surface area contributed by atoms with Gasteiger partial charge in [-0.2, -0.15) is 0 Å². The monoisotopic (exact) mass is 387 g/mol. The standard InChI is InChI=1S/C20H18ClNO5/c1-26-19(24)13-6-8-16(9-7-13)22-11-15(10-18(22)23)20(25)27-12-14-4-2-3-5-17(14)21/h2-9,15H,10-12H2,1H3. The fraction of sp³-hybridized carbons (Fsp3) is 0.250. The van der Waals surface area contributed by atoms with Crippen LogP contribution in [0.1, 0.15) is 22.3 Å². The van der Waals surface area contributed by atoms with Gasteiger partial charge in [0.2, 0.25) is 5.91 Å². The number of hydrogen-bond donors (Lipinski definition) is 0. The molecule has 1 amide bonds. The summed E-state index contributed by atoms with van der Waals surface area (Å²) < 4.78 is 9.98. The number of halogens is 1. The zero-order chi connectivity index (χ0) is 19.4. The molecule has 0 bridgehead atoms. The van der Waals surface area contributed by atoms with Crippen molar-refractivity contribution in [2.24, 2.45) is 5.92 Å². The molecule has 0 N–H and O–H groups in total. The predicted molar refractivity (Wildman–Crippen MR) is 99.5 cm³/mol. The van der Waals surface area contributed by atoms with Gasteiger partial charge in [0, 0.05) is 29.2 Å². The lowest BCUT2D eigenvalue weighted by atomic mass is 10.1. The van der Waals surface area contributed by atoms with Crippen molar-refractivity contribution in [2.75, 3.05) is 18.6 Å². The first-order valence-electron chi connectivity index (χ1n) is 8.38. The highest BCUT2D eigenvalue weighted by Crippen LogP contribution is 2.27.